The molecule has 0 spiro atoms. The van der Waals surface area contributed by atoms with Crippen LogP contribution in [-0.4, -0.2) is 39.0 Å². The quantitative estimate of drug-likeness (QED) is 0.277. The fourth-order valence-electron chi connectivity index (χ4n) is 3.84. The second-order valence-electron chi connectivity index (χ2n) is 8.17. The van der Waals surface area contributed by atoms with Crippen molar-refractivity contribution in [2.45, 2.75) is 19.3 Å². The Kier molecular flexibility index (Phi) is 5.54. The average molecular weight is 626 g/mol. The van der Waals surface area contributed by atoms with Crippen molar-refractivity contribution in [2.75, 3.05) is 0 Å². The van der Waals surface area contributed by atoms with Crippen molar-refractivity contribution in [3.63, 3.8) is 0 Å². The Bertz CT molecular complexity index is 1500. The summed E-state index contributed by atoms with van der Waals surface area (Å²) in [5.74, 6) is 1.41. The summed E-state index contributed by atoms with van der Waals surface area (Å²) in [6, 6.07) is 19.3. The largest absolute Gasteiger partial charge is 2.00 e. The van der Waals surface area contributed by atoms with E-state index in [2.05, 4.69) is 46.4 Å². The molecule has 0 bridgehead atoms. The maximum absolute atomic E-state index is 4.93. The van der Waals surface area contributed by atoms with Crippen molar-refractivity contribution in [3.8, 4) is 11.6 Å². The molecule has 0 unspecified atom stereocenters. The SMILES string of the molecule is CC(C)(c1cccc(-n2[c-]nc3cccnc32)n1)c1cccc(-n2[c-]nc3cccnc32)n1.[Pt+2]. The van der Waals surface area contributed by atoms with Crippen molar-refractivity contribution in [1.82, 2.24) is 39.0 Å². The number of imidazole rings is 2. The fraction of sp³-hybridized carbons (Fsp3) is 0.120. The molecule has 0 aliphatic carbocycles. The number of rotatable bonds is 4. The molecular formula is C25H18N8Pt. The molecule has 6 aromatic heterocycles. The van der Waals surface area contributed by atoms with E-state index in [0.29, 0.717) is 11.6 Å². The minimum absolute atomic E-state index is 0. The number of nitrogens with zero attached hydrogens (tertiary/aromatic N) is 8. The average Bonchev–Trinajstić information content (AvgIpc) is 3.49. The van der Waals surface area contributed by atoms with Crippen LogP contribution < -0.4 is 0 Å². The molecule has 0 fully saturated rings. The molecule has 6 heterocycles. The molecule has 34 heavy (non-hydrogen) atoms. The van der Waals surface area contributed by atoms with Gasteiger partial charge in [0.15, 0.2) is 0 Å². The summed E-state index contributed by atoms with van der Waals surface area (Å²) in [6.07, 6.45) is 9.47. The van der Waals surface area contributed by atoms with Crippen LogP contribution in [0.4, 0.5) is 0 Å². The van der Waals surface area contributed by atoms with E-state index in [1.54, 1.807) is 21.5 Å². The van der Waals surface area contributed by atoms with E-state index in [1.807, 2.05) is 60.7 Å². The third kappa shape index (κ3) is 3.60. The fourth-order valence-corrected chi connectivity index (χ4v) is 3.84. The van der Waals surface area contributed by atoms with Crippen molar-refractivity contribution in [1.29, 1.82) is 0 Å². The molecule has 9 heteroatoms. The van der Waals surface area contributed by atoms with Gasteiger partial charge in [-0.25, -0.2) is 0 Å². The molecule has 0 N–H and O–H groups in total. The Balaban J connectivity index is 0.00000241. The summed E-state index contributed by atoms with van der Waals surface area (Å²) in [6.45, 7) is 4.21. The van der Waals surface area contributed by atoms with Crippen LogP contribution in [-0.2, 0) is 26.5 Å². The van der Waals surface area contributed by atoms with E-state index in [4.69, 9.17) is 9.97 Å². The van der Waals surface area contributed by atoms with Gasteiger partial charge in [0.25, 0.3) is 0 Å². The zero-order valence-corrected chi connectivity index (χ0v) is 20.6. The van der Waals surface area contributed by atoms with Gasteiger partial charge in [-0.2, -0.15) is 0 Å². The van der Waals surface area contributed by atoms with Crippen LogP contribution in [0.1, 0.15) is 25.2 Å². The van der Waals surface area contributed by atoms with Gasteiger partial charge < -0.3 is 19.1 Å². The molecule has 6 aromatic rings. The van der Waals surface area contributed by atoms with Gasteiger partial charge in [0.1, 0.15) is 0 Å². The van der Waals surface area contributed by atoms with Gasteiger partial charge in [0.05, 0.1) is 11.6 Å². The number of fused-ring (bicyclic) bond motifs is 2. The standard InChI is InChI=1S/C25H18N8.Pt/c1-25(2,19-9-3-11-21(30-19)32-15-28-17-7-5-13-26-23(17)32)20-10-4-12-22(31-20)33-16-29-18-8-6-14-27-24(18)33;/h3-14H,1-2H3;/q-2;+2. The molecule has 6 rings (SSSR count). The maximum atomic E-state index is 4.93. The van der Waals surface area contributed by atoms with E-state index in [9.17, 15) is 0 Å². The Morgan fingerprint density at radius 1 is 0.647 bits per heavy atom. The van der Waals surface area contributed by atoms with Crippen LogP contribution in [0, 0.1) is 12.7 Å². The molecule has 0 aliphatic heterocycles. The molecular weight excluding hydrogens is 607 g/mol. The molecule has 8 nitrogen and oxygen atoms in total. The van der Waals surface area contributed by atoms with E-state index < -0.39 is 5.41 Å². The predicted octanol–water partition coefficient (Wildman–Crippen LogP) is 3.87. The van der Waals surface area contributed by atoms with Gasteiger partial charge in [0, 0.05) is 53.1 Å². The van der Waals surface area contributed by atoms with Crippen molar-refractivity contribution >= 4 is 22.3 Å². The Hall–Kier alpha value is -3.77. The zero-order chi connectivity index (χ0) is 22.4. The number of hydrogen-bond donors (Lipinski definition) is 0. The molecule has 0 saturated carbocycles. The van der Waals surface area contributed by atoms with Gasteiger partial charge in [-0.3, -0.25) is 19.9 Å². The molecule has 0 aliphatic rings. The molecule has 168 valence electrons. The van der Waals surface area contributed by atoms with Gasteiger partial charge >= 0.3 is 21.1 Å². The predicted molar refractivity (Wildman–Crippen MR) is 123 cm³/mol. The van der Waals surface area contributed by atoms with E-state index in [0.717, 1.165) is 33.7 Å². The Labute approximate surface area is 210 Å². The van der Waals surface area contributed by atoms with Crippen LogP contribution in [0.3, 0.4) is 0 Å². The maximum Gasteiger partial charge on any atom is 2.00 e. The first-order chi connectivity index (χ1) is 16.1. The number of aromatic nitrogens is 8. The van der Waals surface area contributed by atoms with Crippen LogP contribution in [0.2, 0.25) is 0 Å². The summed E-state index contributed by atoms with van der Waals surface area (Å²) in [5.41, 5.74) is 4.25. The first kappa shape index (κ1) is 22.0. The van der Waals surface area contributed by atoms with Crippen LogP contribution in [0.5, 0.6) is 0 Å². The summed E-state index contributed by atoms with van der Waals surface area (Å²) in [4.78, 5) is 27.3. The minimum atomic E-state index is -0.473. The van der Waals surface area contributed by atoms with Gasteiger partial charge in [-0.1, -0.05) is 48.5 Å². The Morgan fingerprint density at radius 2 is 1.12 bits per heavy atom. The topological polar surface area (TPSA) is 87.2 Å². The molecule has 0 aromatic carbocycles. The summed E-state index contributed by atoms with van der Waals surface area (Å²) in [5, 5.41) is 0. The van der Waals surface area contributed by atoms with Crippen LogP contribution in [0.15, 0.2) is 73.1 Å². The summed E-state index contributed by atoms with van der Waals surface area (Å²) in [7, 11) is 0. The van der Waals surface area contributed by atoms with E-state index >= 15 is 0 Å². The molecule has 0 saturated heterocycles. The van der Waals surface area contributed by atoms with Gasteiger partial charge in [-0.15, -0.1) is 0 Å². The van der Waals surface area contributed by atoms with Gasteiger partial charge in [0.2, 0.25) is 0 Å². The first-order valence-corrected chi connectivity index (χ1v) is 10.5. The first-order valence-electron chi connectivity index (χ1n) is 10.5. The second kappa shape index (κ2) is 8.54. The Morgan fingerprint density at radius 3 is 1.59 bits per heavy atom. The molecule has 0 amide bonds. The van der Waals surface area contributed by atoms with Crippen molar-refractivity contribution in [2.24, 2.45) is 0 Å². The van der Waals surface area contributed by atoms with Crippen molar-refractivity contribution in [3.05, 3.63) is 97.1 Å². The van der Waals surface area contributed by atoms with Crippen LogP contribution >= 0.6 is 0 Å². The van der Waals surface area contributed by atoms with E-state index in [-0.39, 0.29) is 21.1 Å². The van der Waals surface area contributed by atoms with Crippen molar-refractivity contribution < 1.29 is 21.1 Å². The monoisotopic (exact) mass is 625 g/mol. The number of hydrogen-bond acceptors (Lipinski definition) is 6. The van der Waals surface area contributed by atoms with Gasteiger partial charge in [-0.05, 0) is 37.0 Å². The number of pyridine rings is 4. The normalized spacial score (nSPS) is 11.6. The van der Waals surface area contributed by atoms with Crippen LogP contribution in [0.25, 0.3) is 34.0 Å². The third-order valence-electron chi connectivity index (χ3n) is 5.70. The minimum Gasteiger partial charge on any atom is -0.396 e. The molecule has 0 radical (unpaired) electrons. The summed E-state index contributed by atoms with van der Waals surface area (Å²) >= 11 is 0. The van der Waals surface area contributed by atoms with E-state index in [1.165, 1.54) is 0 Å². The summed E-state index contributed by atoms with van der Waals surface area (Å²) < 4.78 is 3.55. The second-order valence-corrected chi connectivity index (χ2v) is 8.17. The third-order valence-corrected chi connectivity index (χ3v) is 5.70. The molecule has 0 atom stereocenters. The zero-order valence-electron chi connectivity index (χ0n) is 18.3. The smallest absolute Gasteiger partial charge is 0.396 e.